The van der Waals surface area contributed by atoms with Gasteiger partial charge in [0.2, 0.25) is 0 Å². The van der Waals surface area contributed by atoms with E-state index in [9.17, 15) is 9.59 Å². The Morgan fingerprint density at radius 1 is 1.23 bits per heavy atom. The number of amides is 1. The van der Waals surface area contributed by atoms with Gasteiger partial charge in [-0.25, -0.2) is 0 Å². The van der Waals surface area contributed by atoms with Gasteiger partial charge in [-0.05, 0) is 37.3 Å². The van der Waals surface area contributed by atoms with Crippen LogP contribution < -0.4 is 15.2 Å². The number of aromatic nitrogens is 2. The standard InChI is InChI=1S/C15H17N3O4/c1-10(15(16)20)21-12-3-5-13(6-4-12)22-14(19)9-11-7-8-18(2)17-11/h3-8,10H,9H2,1-2H3,(H2,16,20). The summed E-state index contributed by atoms with van der Waals surface area (Å²) in [6, 6.07) is 8.12. The maximum Gasteiger partial charge on any atom is 0.317 e. The first kappa shape index (κ1) is 15.6. The van der Waals surface area contributed by atoms with Crippen LogP contribution in [0, 0.1) is 0 Å². The summed E-state index contributed by atoms with van der Waals surface area (Å²) in [6.45, 7) is 1.56. The van der Waals surface area contributed by atoms with Gasteiger partial charge >= 0.3 is 5.97 Å². The van der Waals surface area contributed by atoms with E-state index in [-0.39, 0.29) is 6.42 Å². The summed E-state index contributed by atoms with van der Waals surface area (Å²) in [4.78, 5) is 22.7. The van der Waals surface area contributed by atoms with Crippen LogP contribution in [0.3, 0.4) is 0 Å². The summed E-state index contributed by atoms with van der Waals surface area (Å²) in [6.07, 6.45) is 1.13. The minimum Gasteiger partial charge on any atom is -0.481 e. The molecular formula is C15H17N3O4. The van der Waals surface area contributed by atoms with Gasteiger partial charge in [-0.2, -0.15) is 5.10 Å². The molecule has 0 fully saturated rings. The Kier molecular flexibility index (Phi) is 4.77. The highest BCUT2D eigenvalue weighted by Gasteiger charge is 2.11. The fourth-order valence-corrected chi connectivity index (χ4v) is 1.72. The Bertz CT molecular complexity index is 664. The number of hydrogen-bond acceptors (Lipinski definition) is 5. The molecule has 1 amide bonds. The van der Waals surface area contributed by atoms with Crippen LogP contribution in [0.25, 0.3) is 0 Å². The highest BCUT2D eigenvalue weighted by Crippen LogP contribution is 2.19. The lowest BCUT2D eigenvalue weighted by Gasteiger charge is -2.11. The van der Waals surface area contributed by atoms with E-state index in [1.807, 2.05) is 0 Å². The first-order valence-corrected chi connectivity index (χ1v) is 6.69. The smallest absolute Gasteiger partial charge is 0.317 e. The molecule has 0 saturated heterocycles. The summed E-state index contributed by atoms with van der Waals surface area (Å²) >= 11 is 0. The summed E-state index contributed by atoms with van der Waals surface area (Å²) in [5, 5.41) is 4.11. The van der Waals surface area contributed by atoms with E-state index in [0.717, 1.165) is 0 Å². The lowest BCUT2D eigenvalue weighted by atomic mass is 10.3. The van der Waals surface area contributed by atoms with Crippen LogP contribution in [0.15, 0.2) is 36.5 Å². The molecule has 116 valence electrons. The van der Waals surface area contributed by atoms with Crippen molar-refractivity contribution in [1.82, 2.24) is 9.78 Å². The van der Waals surface area contributed by atoms with Crippen LogP contribution in [-0.2, 0) is 23.1 Å². The number of ether oxygens (including phenoxy) is 2. The first-order valence-electron chi connectivity index (χ1n) is 6.69. The van der Waals surface area contributed by atoms with E-state index in [1.54, 1.807) is 55.2 Å². The molecule has 2 rings (SSSR count). The van der Waals surface area contributed by atoms with E-state index < -0.39 is 18.0 Å². The van der Waals surface area contributed by atoms with Gasteiger partial charge in [0, 0.05) is 13.2 Å². The third-order valence-corrected chi connectivity index (χ3v) is 2.86. The van der Waals surface area contributed by atoms with Crippen LogP contribution >= 0.6 is 0 Å². The first-order chi connectivity index (χ1) is 10.4. The van der Waals surface area contributed by atoms with Crippen molar-refractivity contribution >= 4 is 11.9 Å². The largest absolute Gasteiger partial charge is 0.481 e. The number of esters is 1. The quantitative estimate of drug-likeness (QED) is 0.629. The molecule has 7 nitrogen and oxygen atoms in total. The normalized spacial score (nSPS) is 11.7. The number of nitrogens with zero attached hydrogens (tertiary/aromatic N) is 2. The Morgan fingerprint density at radius 2 is 1.86 bits per heavy atom. The molecule has 1 aromatic carbocycles. The molecule has 0 spiro atoms. The minimum atomic E-state index is -0.724. The number of carbonyl (C=O) groups is 2. The second-order valence-corrected chi connectivity index (χ2v) is 4.77. The van der Waals surface area contributed by atoms with Crippen molar-refractivity contribution in [1.29, 1.82) is 0 Å². The predicted octanol–water partition coefficient (Wildman–Crippen LogP) is 0.821. The molecule has 1 unspecified atom stereocenters. The van der Waals surface area contributed by atoms with Gasteiger partial charge in [0.05, 0.1) is 12.1 Å². The number of benzene rings is 1. The molecule has 22 heavy (non-hydrogen) atoms. The number of primary amides is 1. The van der Waals surface area contributed by atoms with Crippen molar-refractivity contribution < 1.29 is 19.1 Å². The zero-order valence-electron chi connectivity index (χ0n) is 12.4. The molecule has 1 heterocycles. The number of rotatable bonds is 6. The fraction of sp³-hybridized carbons (Fsp3) is 0.267. The van der Waals surface area contributed by atoms with Gasteiger partial charge in [-0.15, -0.1) is 0 Å². The van der Waals surface area contributed by atoms with Gasteiger partial charge in [0.25, 0.3) is 5.91 Å². The summed E-state index contributed by atoms with van der Waals surface area (Å²) in [5.74, 6) is -0.0976. The number of hydrogen-bond donors (Lipinski definition) is 1. The summed E-state index contributed by atoms with van der Waals surface area (Å²) in [5.41, 5.74) is 5.76. The number of aryl methyl sites for hydroxylation is 1. The topological polar surface area (TPSA) is 96.4 Å². The lowest BCUT2D eigenvalue weighted by Crippen LogP contribution is -2.30. The van der Waals surface area contributed by atoms with Crippen molar-refractivity contribution in [3.63, 3.8) is 0 Å². The van der Waals surface area contributed by atoms with Crippen LogP contribution in [-0.4, -0.2) is 27.8 Å². The van der Waals surface area contributed by atoms with Gasteiger partial charge in [0.15, 0.2) is 6.10 Å². The highest BCUT2D eigenvalue weighted by molar-refractivity contribution is 5.78. The monoisotopic (exact) mass is 303 g/mol. The maximum atomic E-state index is 11.8. The molecule has 1 aromatic heterocycles. The third kappa shape index (κ3) is 4.34. The molecule has 0 saturated carbocycles. The van der Waals surface area contributed by atoms with Crippen molar-refractivity contribution in [3.8, 4) is 11.5 Å². The van der Waals surface area contributed by atoms with E-state index in [2.05, 4.69) is 5.10 Å². The Labute approximate surface area is 127 Å². The SMILES string of the molecule is CC(Oc1ccc(OC(=O)Cc2ccn(C)n2)cc1)C(N)=O. The zero-order chi connectivity index (χ0) is 16.1. The van der Waals surface area contributed by atoms with Crippen molar-refractivity contribution in [2.75, 3.05) is 0 Å². The van der Waals surface area contributed by atoms with Crippen molar-refractivity contribution in [2.45, 2.75) is 19.4 Å². The molecule has 0 aliphatic rings. The molecule has 2 N–H and O–H groups in total. The van der Waals surface area contributed by atoms with Crippen LogP contribution in [0.5, 0.6) is 11.5 Å². The molecule has 1 atom stereocenters. The van der Waals surface area contributed by atoms with E-state index in [0.29, 0.717) is 17.2 Å². The fourth-order valence-electron chi connectivity index (χ4n) is 1.72. The van der Waals surface area contributed by atoms with Gasteiger partial charge in [0.1, 0.15) is 11.5 Å². The van der Waals surface area contributed by atoms with Crippen molar-refractivity contribution in [3.05, 3.63) is 42.2 Å². The number of nitrogens with two attached hydrogens (primary N) is 1. The minimum absolute atomic E-state index is 0.0950. The predicted molar refractivity (Wildman–Crippen MR) is 78.3 cm³/mol. The third-order valence-electron chi connectivity index (χ3n) is 2.86. The second-order valence-electron chi connectivity index (χ2n) is 4.77. The molecule has 0 bridgehead atoms. The summed E-state index contributed by atoms with van der Waals surface area (Å²) in [7, 11) is 1.78. The molecular weight excluding hydrogens is 286 g/mol. The molecule has 7 heteroatoms. The van der Waals surface area contributed by atoms with Crippen LogP contribution in [0.1, 0.15) is 12.6 Å². The average Bonchev–Trinajstić information content (AvgIpc) is 2.86. The molecule has 2 aromatic rings. The molecule has 0 aliphatic heterocycles. The lowest BCUT2D eigenvalue weighted by molar-refractivity contribution is -0.133. The summed E-state index contributed by atoms with van der Waals surface area (Å²) < 4.78 is 12.1. The molecule has 0 aliphatic carbocycles. The Hall–Kier alpha value is -2.83. The average molecular weight is 303 g/mol. The Balaban J connectivity index is 1.90. The van der Waals surface area contributed by atoms with Gasteiger partial charge in [-0.3, -0.25) is 14.3 Å². The number of carbonyl (C=O) groups excluding carboxylic acids is 2. The zero-order valence-corrected chi connectivity index (χ0v) is 12.4. The maximum absolute atomic E-state index is 11.8. The Morgan fingerprint density at radius 3 is 2.41 bits per heavy atom. The van der Waals surface area contributed by atoms with Gasteiger partial charge < -0.3 is 15.2 Å². The van der Waals surface area contributed by atoms with Crippen LogP contribution in [0.4, 0.5) is 0 Å². The van der Waals surface area contributed by atoms with E-state index in [1.165, 1.54) is 0 Å². The highest BCUT2D eigenvalue weighted by atomic mass is 16.5. The molecule has 0 radical (unpaired) electrons. The van der Waals surface area contributed by atoms with Gasteiger partial charge in [-0.1, -0.05) is 0 Å². The van der Waals surface area contributed by atoms with Crippen LogP contribution in [0.2, 0.25) is 0 Å². The van der Waals surface area contributed by atoms with E-state index >= 15 is 0 Å². The second kappa shape index (κ2) is 6.75. The van der Waals surface area contributed by atoms with E-state index in [4.69, 9.17) is 15.2 Å². The van der Waals surface area contributed by atoms with Crippen molar-refractivity contribution in [2.24, 2.45) is 12.8 Å².